The summed E-state index contributed by atoms with van der Waals surface area (Å²) in [5, 5.41) is 0. The number of carbonyl (C=O) groups is 2. The maximum Gasteiger partial charge on any atom is 0.266 e. The van der Waals surface area contributed by atoms with E-state index in [1.54, 1.807) is 6.08 Å². The third-order valence-electron chi connectivity index (χ3n) is 4.79. The topological polar surface area (TPSA) is 124 Å². The average molecular weight is 482 g/mol. The van der Waals surface area contributed by atoms with Gasteiger partial charge in [-0.25, -0.2) is 8.42 Å². The highest BCUT2D eigenvalue weighted by Gasteiger charge is 2.25. The van der Waals surface area contributed by atoms with Crippen molar-refractivity contribution < 1.29 is 27.5 Å². The Labute approximate surface area is 197 Å². The summed E-state index contributed by atoms with van der Waals surface area (Å²) in [6.45, 7) is 1.95. The largest absolute Gasteiger partial charge is 0.496 e. The molecule has 9 nitrogen and oxygen atoms in total. The molecule has 3 rings (SSSR count). The summed E-state index contributed by atoms with van der Waals surface area (Å²) in [6, 6.07) is 12.8. The Morgan fingerprint density at radius 3 is 2.21 bits per heavy atom. The standard InChI is InChI=1S/C24H23N3O6S/c1-16-4-6-17(7-5-16)8-9-20(28)19-14-23(22(33-3)15-21(19)32-2)34(30,31)27-26-24(29)18-10-12-25-13-11-18/h4-15,27H,1-3H3,(H,26,29)/b9-8+. The minimum Gasteiger partial charge on any atom is -0.496 e. The number of aromatic nitrogens is 1. The van der Waals surface area contributed by atoms with Crippen LogP contribution in [0.25, 0.3) is 6.08 Å². The quantitative estimate of drug-likeness (QED) is 0.274. The predicted molar refractivity (Wildman–Crippen MR) is 126 cm³/mol. The average Bonchev–Trinajstić information content (AvgIpc) is 2.86. The molecule has 0 aliphatic rings. The van der Waals surface area contributed by atoms with Gasteiger partial charge < -0.3 is 9.47 Å². The van der Waals surface area contributed by atoms with Crippen molar-refractivity contribution in [1.29, 1.82) is 0 Å². The minimum absolute atomic E-state index is 0.00694. The van der Waals surface area contributed by atoms with E-state index < -0.39 is 21.7 Å². The zero-order valence-electron chi connectivity index (χ0n) is 18.7. The Morgan fingerprint density at radius 2 is 1.59 bits per heavy atom. The SMILES string of the molecule is COc1cc(OC)c(S(=O)(=O)NNC(=O)c2ccncc2)cc1C(=O)/C=C/c1ccc(C)cc1. The Balaban J connectivity index is 1.90. The van der Waals surface area contributed by atoms with Crippen molar-refractivity contribution in [1.82, 2.24) is 15.2 Å². The third-order valence-corrected chi connectivity index (χ3v) is 6.06. The van der Waals surface area contributed by atoms with E-state index in [0.717, 1.165) is 17.2 Å². The van der Waals surface area contributed by atoms with E-state index >= 15 is 0 Å². The molecular formula is C24H23N3O6S. The first kappa shape index (κ1) is 24.6. The molecule has 0 spiro atoms. The molecule has 1 amide bonds. The van der Waals surface area contributed by atoms with E-state index in [2.05, 4.69) is 10.4 Å². The second-order valence-corrected chi connectivity index (χ2v) is 8.76. The number of hydrazine groups is 1. The summed E-state index contributed by atoms with van der Waals surface area (Å²) in [5.41, 5.74) is 4.23. The van der Waals surface area contributed by atoms with E-state index in [9.17, 15) is 18.0 Å². The van der Waals surface area contributed by atoms with Gasteiger partial charge in [0, 0.05) is 24.0 Å². The highest BCUT2D eigenvalue weighted by atomic mass is 32.2. The number of ketones is 1. The van der Waals surface area contributed by atoms with Gasteiger partial charge in [-0.1, -0.05) is 35.9 Å². The van der Waals surface area contributed by atoms with Crippen molar-refractivity contribution in [3.63, 3.8) is 0 Å². The van der Waals surface area contributed by atoms with Crippen LogP contribution in [0.5, 0.6) is 11.5 Å². The van der Waals surface area contributed by atoms with Gasteiger partial charge in [0.05, 0.1) is 19.8 Å². The number of amides is 1. The van der Waals surface area contributed by atoms with Crippen LogP contribution in [0.15, 0.2) is 71.9 Å². The molecule has 0 atom stereocenters. The van der Waals surface area contributed by atoms with Crippen LogP contribution in [0, 0.1) is 6.92 Å². The smallest absolute Gasteiger partial charge is 0.266 e. The lowest BCUT2D eigenvalue weighted by Crippen LogP contribution is -2.41. The van der Waals surface area contributed by atoms with Gasteiger partial charge in [0.2, 0.25) is 0 Å². The summed E-state index contributed by atoms with van der Waals surface area (Å²) >= 11 is 0. The summed E-state index contributed by atoms with van der Waals surface area (Å²) in [4.78, 5) is 30.6. The fraction of sp³-hybridized carbons (Fsp3) is 0.125. The molecule has 0 saturated heterocycles. The van der Waals surface area contributed by atoms with Crippen LogP contribution in [-0.2, 0) is 10.0 Å². The Kier molecular flexibility index (Phi) is 7.77. The molecule has 0 aliphatic heterocycles. The monoisotopic (exact) mass is 481 g/mol. The fourth-order valence-electron chi connectivity index (χ4n) is 2.96. The Hall–Kier alpha value is -4.02. The van der Waals surface area contributed by atoms with E-state index in [4.69, 9.17) is 9.47 Å². The number of nitrogens with one attached hydrogen (secondary N) is 2. The molecule has 0 radical (unpaired) electrons. The van der Waals surface area contributed by atoms with Crippen LogP contribution in [-0.4, -0.2) is 39.3 Å². The fourth-order valence-corrected chi connectivity index (χ4v) is 3.97. The van der Waals surface area contributed by atoms with Crippen LogP contribution in [0.2, 0.25) is 0 Å². The first-order valence-electron chi connectivity index (χ1n) is 10.0. The van der Waals surface area contributed by atoms with Crippen LogP contribution in [0.3, 0.4) is 0 Å². The van der Waals surface area contributed by atoms with Crippen LogP contribution >= 0.6 is 0 Å². The van der Waals surface area contributed by atoms with Crippen molar-refractivity contribution in [2.45, 2.75) is 11.8 Å². The highest BCUT2D eigenvalue weighted by Crippen LogP contribution is 2.32. The number of ether oxygens (including phenoxy) is 2. The molecule has 0 bridgehead atoms. The number of nitrogens with zero attached hydrogens (tertiary/aromatic N) is 1. The predicted octanol–water partition coefficient (Wildman–Crippen LogP) is 2.93. The number of allylic oxidation sites excluding steroid dienone is 1. The van der Waals surface area contributed by atoms with E-state index in [-0.39, 0.29) is 27.5 Å². The summed E-state index contributed by atoms with van der Waals surface area (Å²) in [7, 11) is -1.68. The molecule has 0 saturated carbocycles. The number of sulfonamides is 1. The van der Waals surface area contributed by atoms with Crippen molar-refractivity contribution in [3.8, 4) is 11.5 Å². The molecule has 2 aromatic carbocycles. The molecule has 0 fully saturated rings. The van der Waals surface area contributed by atoms with Crippen LogP contribution in [0.4, 0.5) is 0 Å². The highest BCUT2D eigenvalue weighted by molar-refractivity contribution is 7.89. The summed E-state index contributed by atoms with van der Waals surface area (Å²) in [5.74, 6) is -1.09. The maximum atomic E-state index is 12.9. The van der Waals surface area contributed by atoms with Crippen molar-refractivity contribution in [2.24, 2.45) is 0 Å². The zero-order valence-corrected chi connectivity index (χ0v) is 19.5. The summed E-state index contributed by atoms with van der Waals surface area (Å²) < 4.78 is 36.4. The first-order chi connectivity index (χ1) is 16.2. The van der Waals surface area contributed by atoms with E-state index in [1.165, 1.54) is 50.9 Å². The van der Waals surface area contributed by atoms with Gasteiger partial charge in [-0.2, -0.15) is 0 Å². The van der Waals surface area contributed by atoms with Crippen molar-refractivity contribution in [3.05, 3.63) is 89.3 Å². The molecule has 0 aliphatic carbocycles. The zero-order chi connectivity index (χ0) is 24.7. The molecule has 0 unspecified atom stereocenters. The van der Waals surface area contributed by atoms with Crippen molar-refractivity contribution in [2.75, 3.05) is 14.2 Å². The van der Waals surface area contributed by atoms with Gasteiger partial charge in [-0.15, -0.1) is 4.83 Å². The molecule has 1 aromatic heterocycles. The molecule has 1 heterocycles. The Bertz CT molecular complexity index is 1320. The lowest BCUT2D eigenvalue weighted by Gasteiger charge is -2.15. The second-order valence-electron chi connectivity index (χ2n) is 7.11. The number of carbonyl (C=O) groups excluding carboxylic acids is 2. The van der Waals surface area contributed by atoms with Gasteiger partial charge in [-0.05, 0) is 36.8 Å². The lowest BCUT2D eigenvalue weighted by molar-refractivity contribution is 0.0944. The number of benzene rings is 2. The molecule has 34 heavy (non-hydrogen) atoms. The number of hydrogen-bond acceptors (Lipinski definition) is 7. The van der Waals surface area contributed by atoms with Gasteiger partial charge in [0.1, 0.15) is 16.4 Å². The van der Waals surface area contributed by atoms with E-state index in [1.807, 2.05) is 36.0 Å². The number of rotatable bonds is 9. The third kappa shape index (κ3) is 5.85. The van der Waals surface area contributed by atoms with Gasteiger partial charge in [0.15, 0.2) is 5.78 Å². The van der Waals surface area contributed by atoms with Gasteiger partial charge in [0.25, 0.3) is 15.9 Å². The summed E-state index contributed by atoms with van der Waals surface area (Å²) in [6.07, 6.45) is 5.74. The number of hydrogen-bond donors (Lipinski definition) is 2. The lowest BCUT2D eigenvalue weighted by atomic mass is 10.1. The molecule has 2 N–H and O–H groups in total. The van der Waals surface area contributed by atoms with Gasteiger partial charge in [-0.3, -0.25) is 20.0 Å². The van der Waals surface area contributed by atoms with Crippen LogP contribution < -0.4 is 19.7 Å². The molecule has 176 valence electrons. The normalized spacial score (nSPS) is 11.3. The molecular weight excluding hydrogens is 458 g/mol. The molecule has 3 aromatic rings. The first-order valence-corrected chi connectivity index (χ1v) is 11.5. The minimum atomic E-state index is -4.31. The maximum absolute atomic E-state index is 12.9. The van der Waals surface area contributed by atoms with E-state index in [0.29, 0.717) is 0 Å². The molecule has 10 heteroatoms. The second kappa shape index (κ2) is 10.7. The van der Waals surface area contributed by atoms with Gasteiger partial charge >= 0.3 is 0 Å². The number of pyridine rings is 1. The van der Waals surface area contributed by atoms with Crippen LogP contribution in [0.1, 0.15) is 31.8 Å². The number of aryl methyl sites for hydroxylation is 1. The van der Waals surface area contributed by atoms with Crippen molar-refractivity contribution >= 4 is 27.8 Å². The number of methoxy groups -OCH3 is 2. The Morgan fingerprint density at radius 1 is 0.941 bits per heavy atom.